The van der Waals surface area contributed by atoms with Crippen molar-refractivity contribution in [3.8, 4) is 0 Å². The molecule has 9 heteroatoms. The molecule has 3 aromatic rings. The number of nitrogens with zero attached hydrogens (tertiary/aromatic N) is 2. The predicted molar refractivity (Wildman–Crippen MR) is 122 cm³/mol. The van der Waals surface area contributed by atoms with Crippen molar-refractivity contribution in [1.29, 1.82) is 0 Å². The zero-order valence-electron chi connectivity index (χ0n) is 18.5. The van der Waals surface area contributed by atoms with E-state index in [9.17, 15) is 19.5 Å². The molecule has 0 spiro atoms. The van der Waals surface area contributed by atoms with Gasteiger partial charge in [-0.3, -0.25) is 14.5 Å². The number of ketones is 1. The van der Waals surface area contributed by atoms with Crippen LogP contribution in [0.2, 0.25) is 0 Å². The van der Waals surface area contributed by atoms with Crippen molar-refractivity contribution < 1.29 is 28.6 Å². The van der Waals surface area contributed by atoms with Gasteiger partial charge in [0.25, 0.3) is 5.91 Å². The largest absolute Gasteiger partial charge is 0.503 e. The zero-order chi connectivity index (χ0) is 23.9. The maximum absolute atomic E-state index is 13.3. The molecule has 0 saturated carbocycles. The fourth-order valence-corrected chi connectivity index (χ4v) is 4.65. The topological polar surface area (TPSA) is 110 Å². The third kappa shape index (κ3) is 3.95. The van der Waals surface area contributed by atoms with Gasteiger partial charge < -0.3 is 14.3 Å². The number of ether oxygens (including phenoxy) is 1. The van der Waals surface area contributed by atoms with Crippen molar-refractivity contribution in [3.63, 3.8) is 0 Å². The molecule has 170 valence electrons. The second-order valence-electron chi connectivity index (χ2n) is 7.62. The van der Waals surface area contributed by atoms with Crippen LogP contribution in [-0.2, 0) is 9.53 Å². The number of carbonyl (C=O) groups excluding carboxylic acids is 3. The lowest BCUT2D eigenvalue weighted by Crippen LogP contribution is -2.31. The molecule has 1 atom stereocenters. The van der Waals surface area contributed by atoms with Gasteiger partial charge in [-0.25, -0.2) is 9.78 Å². The Morgan fingerprint density at radius 3 is 2.45 bits per heavy atom. The Hall–Kier alpha value is -3.72. The summed E-state index contributed by atoms with van der Waals surface area (Å²) < 4.78 is 10.5. The van der Waals surface area contributed by atoms with Gasteiger partial charge in [-0.05, 0) is 45.4 Å². The second kappa shape index (κ2) is 8.67. The van der Waals surface area contributed by atoms with Crippen molar-refractivity contribution in [1.82, 2.24) is 4.98 Å². The van der Waals surface area contributed by atoms with E-state index in [-0.39, 0.29) is 27.9 Å². The molecule has 0 aliphatic carbocycles. The standard InChI is InChI=1S/C24H22N2O6S/c1-5-31-23(30)21-14(4)25-24(33-21)26-18(15-9-6-12(2)7-10-15)17(20(28)22(26)29)19(27)16-11-8-13(3)32-16/h6-11,18,28H,5H2,1-4H3/t18-/m1/s1. The number of benzene rings is 1. The molecule has 0 unspecified atom stereocenters. The number of furan rings is 1. The van der Waals surface area contributed by atoms with Gasteiger partial charge in [0.1, 0.15) is 10.6 Å². The first kappa shape index (κ1) is 22.5. The molecular formula is C24H22N2O6S. The summed E-state index contributed by atoms with van der Waals surface area (Å²) >= 11 is 0.973. The van der Waals surface area contributed by atoms with Crippen LogP contribution in [0.3, 0.4) is 0 Å². The number of hydrogen-bond acceptors (Lipinski definition) is 8. The van der Waals surface area contributed by atoms with Crippen LogP contribution in [0.25, 0.3) is 0 Å². The fraction of sp³-hybridized carbons (Fsp3) is 0.250. The van der Waals surface area contributed by atoms with Gasteiger partial charge in [-0.15, -0.1) is 0 Å². The number of thiazole rings is 1. The van der Waals surface area contributed by atoms with E-state index < -0.39 is 29.5 Å². The average molecular weight is 467 g/mol. The maximum atomic E-state index is 13.3. The first-order valence-electron chi connectivity index (χ1n) is 10.3. The lowest BCUT2D eigenvalue weighted by molar-refractivity contribution is -0.117. The van der Waals surface area contributed by atoms with E-state index in [2.05, 4.69) is 4.98 Å². The highest BCUT2D eigenvalue weighted by Crippen LogP contribution is 2.43. The quantitative estimate of drug-likeness (QED) is 0.417. The van der Waals surface area contributed by atoms with Crippen molar-refractivity contribution in [2.45, 2.75) is 33.7 Å². The summed E-state index contributed by atoms with van der Waals surface area (Å²) in [4.78, 5) is 44.7. The molecule has 0 fully saturated rings. The summed E-state index contributed by atoms with van der Waals surface area (Å²) in [5, 5.41) is 11.0. The summed E-state index contributed by atoms with van der Waals surface area (Å²) in [7, 11) is 0. The Kier molecular flexibility index (Phi) is 5.90. The van der Waals surface area contributed by atoms with E-state index in [1.54, 1.807) is 39.0 Å². The number of carbonyl (C=O) groups is 3. The van der Waals surface area contributed by atoms with E-state index in [0.29, 0.717) is 17.0 Å². The summed E-state index contributed by atoms with van der Waals surface area (Å²) in [5.74, 6) is -2.05. The van der Waals surface area contributed by atoms with Crippen LogP contribution in [0, 0.1) is 20.8 Å². The molecule has 1 aliphatic heterocycles. The lowest BCUT2D eigenvalue weighted by Gasteiger charge is -2.24. The number of esters is 1. The summed E-state index contributed by atoms with van der Waals surface area (Å²) in [6.45, 7) is 7.15. The Balaban J connectivity index is 1.85. The normalized spacial score (nSPS) is 15.9. The van der Waals surface area contributed by atoms with Crippen LogP contribution in [-0.4, -0.2) is 34.4 Å². The summed E-state index contributed by atoms with van der Waals surface area (Å²) in [6, 6.07) is 9.46. The number of aromatic nitrogens is 1. The number of aliphatic hydroxyl groups excluding tert-OH is 1. The molecule has 0 bridgehead atoms. The van der Waals surface area contributed by atoms with Crippen LogP contribution >= 0.6 is 11.3 Å². The Labute approximate surface area is 194 Å². The summed E-state index contributed by atoms with van der Waals surface area (Å²) in [5.41, 5.74) is 1.88. The highest BCUT2D eigenvalue weighted by atomic mass is 32.1. The van der Waals surface area contributed by atoms with Gasteiger partial charge in [0.2, 0.25) is 5.78 Å². The molecule has 1 N–H and O–H groups in total. The first-order valence-corrected chi connectivity index (χ1v) is 11.1. The molecular weight excluding hydrogens is 444 g/mol. The van der Waals surface area contributed by atoms with Gasteiger partial charge in [0, 0.05) is 0 Å². The van der Waals surface area contributed by atoms with Crippen LogP contribution in [0.4, 0.5) is 5.13 Å². The molecule has 8 nitrogen and oxygen atoms in total. The monoisotopic (exact) mass is 466 g/mol. The number of hydrogen-bond donors (Lipinski definition) is 1. The zero-order valence-corrected chi connectivity index (χ0v) is 19.4. The molecule has 33 heavy (non-hydrogen) atoms. The van der Waals surface area contributed by atoms with E-state index >= 15 is 0 Å². The van der Waals surface area contributed by atoms with Gasteiger partial charge in [-0.1, -0.05) is 41.2 Å². The molecule has 0 saturated heterocycles. The van der Waals surface area contributed by atoms with Gasteiger partial charge in [-0.2, -0.15) is 0 Å². The predicted octanol–water partition coefficient (Wildman–Crippen LogP) is 4.62. The smallest absolute Gasteiger partial charge is 0.350 e. The van der Waals surface area contributed by atoms with Gasteiger partial charge >= 0.3 is 5.97 Å². The lowest BCUT2D eigenvalue weighted by atomic mass is 9.94. The van der Waals surface area contributed by atoms with Crippen molar-refractivity contribution in [2.75, 3.05) is 11.5 Å². The van der Waals surface area contributed by atoms with Crippen LogP contribution in [0.15, 0.2) is 52.1 Å². The Morgan fingerprint density at radius 2 is 1.85 bits per heavy atom. The van der Waals surface area contributed by atoms with Crippen LogP contribution in [0.1, 0.15) is 55.8 Å². The van der Waals surface area contributed by atoms with Crippen molar-refractivity contribution >= 4 is 34.1 Å². The van der Waals surface area contributed by atoms with E-state index in [0.717, 1.165) is 16.9 Å². The molecule has 3 heterocycles. The highest BCUT2D eigenvalue weighted by molar-refractivity contribution is 7.17. The van der Waals surface area contributed by atoms with E-state index in [4.69, 9.17) is 9.15 Å². The van der Waals surface area contributed by atoms with Crippen LogP contribution in [0.5, 0.6) is 0 Å². The van der Waals surface area contributed by atoms with Crippen molar-refractivity contribution in [3.05, 3.63) is 80.9 Å². The molecule has 1 aromatic carbocycles. The van der Waals surface area contributed by atoms with E-state index in [1.807, 2.05) is 19.1 Å². The number of Topliss-reactive ketones (excluding diaryl/α,β-unsaturated/α-hetero) is 1. The second-order valence-corrected chi connectivity index (χ2v) is 8.60. The molecule has 2 aromatic heterocycles. The van der Waals surface area contributed by atoms with Gasteiger partial charge in [0.15, 0.2) is 16.7 Å². The highest BCUT2D eigenvalue weighted by Gasteiger charge is 2.46. The number of aryl methyl sites for hydroxylation is 3. The number of amides is 1. The third-order valence-corrected chi connectivity index (χ3v) is 6.40. The number of aliphatic hydroxyl groups is 1. The Morgan fingerprint density at radius 1 is 1.15 bits per heavy atom. The number of anilines is 1. The average Bonchev–Trinajstić information content (AvgIpc) is 3.45. The fourth-order valence-electron chi connectivity index (χ4n) is 3.66. The van der Waals surface area contributed by atoms with E-state index in [1.165, 1.54) is 11.0 Å². The maximum Gasteiger partial charge on any atom is 0.350 e. The minimum Gasteiger partial charge on any atom is -0.503 e. The van der Waals surface area contributed by atoms with Gasteiger partial charge in [0.05, 0.1) is 23.9 Å². The Bertz CT molecular complexity index is 1280. The minimum atomic E-state index is -0.948. The molecule has 4 rings (SSSR count). The first-order chi connectivity index (χ1) is 15.7. The van der Waals surface area contributed by atoms with Crippen molar-refractivity contribution in [2.24, 2.45) is 0 Å². The molecule has 0 radical (unpaired) electrons. The van der Waals surface area contributed by atoms with Crippen LogP contribution < -0.4 is 4.90 Å². The SMILES string of the molecule is CCOC(=O)c1sc(N2C(=O)C(O)=C(C(=O)c3ccc(C)o3)[C@H]2c2ccc(C)cc2)nc1C. The third-order valence-electron chi connectivity index (χ3n) is 5.26. The minimum absolute atomic E-state index is 0.0170. The number of rotatable bonds is 6. The molecule has 1 aliphatic rings. The molecule has 1 amide bonds. The summed E-state index contributed by atoms with van der Waals surface area (Å²) in [6.07, 6.45) is 0.